The number of ether oxygens (including phenoxy) is 1. The van der Waals surface area contributed by atoms with Crippen LogP contribution in [-0.4, -0.2) is 72.6 Å². The third-order valence-corrected chi connectivity index (χ3v) is 6.07. The second-order valence-electron chi connectivity index (χ2n) is 5.85. The van der Waals surface area contributed by atoms with E-state index in [1.165, 1.54) is 30.2 Å². The minimum atomic E-state index is -0.0757. The SMILES string of the molecule is COCC(=O)N1CCN(c2nnc(SCC(=O)Nc3ccccc3)s2)CC1. The van der Waals surface area contributed by atoms with Gasteiger partial charge in [-0.2, -0.15) is 0 Å². The van der Waals surface area contributed by atoms with Crippen molar-refractivity contribution in [3.63, 3.8) is 0 Å². The summed E-state index contributed by atoms with van der Waals surface area (Å²) in [6, 6.07) is 9.36. The zero-order valence-electron chi connectivity index (χ0n) is 15.0. The molecule has 0 unspecified atom stereocenters. The van der Waals surface area contributed by atoms with Crippen LogP contribution in [0.25, 0.3) is 0 Å². The molecule has 1 aromatic heterocycles. The van der Waals surface area contributed by atoms with Gasteiger partial charge in [0.2, 0.25) is 16.9 Å². The molecule has 0 spiro atoms. The summed E-state index contributed by atoms with van der Waals surface area (Å²) in [5.74, 6) is 0.214. The molecule has 0 saturated carbocycles. The number of rotatable bonds is 7. The number of benzene rings is 1. The van der Waals surface area contributed by atoms with Crippen molar-refractivity contribution in [3.8, 4) is 0 Å². The van der Waals surface area contributed by atoms with E-state index in [1.54, 1.807) is 4.90 Å². The van der Waals surface area contributed by atoms with Crippen molar-refractivity contribution >= 4 is 45.7 Å². The van der Waals surface area contributed by atoms with Crippen molar-refractivity contribution in [1.29, 1.82) is 0 Å². The average Bonchev–Trinajstić information content (AvgIpc) is 3.17. The van der Waals surface area contributed by atoms with Crippen LogP contribution >= 0.6 is 23.1 Å². The van der Waals surface area contributed by atoms with Crippen molar-refractivity contribution in [2.24, 2.45) is 0 Å². The van der Waals surface area contributed by atoms with Crippen LogP contribution in [0.1, 0.15) is 0 Å². The predicted octanol–water partition coefficient (Wildman–Crippen LogP) is 1.56. The Labute approximate surface area is 165 Å². The molecule has 10 heteroatoms. The summed E-state index contributed by atoms with van der Waals surface area (Å²) >= 11 is 2.84. The lowest BCUT2D eigenvalue weighted by Gasteiger charge is -2.34. The highest BCUT2D eigenvalue weighted by molar-refractivity contribution is 8.01. The van der Waals surface area contributed by atoms with Crippen molar-refractivity contribution in [1.82, 2.24) is 15.1 Å². The molecule has 1 fully saturated rings. The maximum atomic E-state index is 12.0. The Kier molecular flexibility index (Phi) is 7.02. The first kappa shape index (κ1) is 19.6. The molecule has 1 aromatic carbocycles. The van der Waals surface area contributed by atoms with Gasteiger partial charge in [-0.1, -0.05) is 41.3 Å². The standard InChI is InChI=1S/C17H21N5O3S2/c1-25-11-15(24)21-7-9-22(10-8-21)16-19-20-17(27-16)26-12-14(23)18-13-5-3-2-4-6-13/h2-6H,7-12H2,1H3,(H,18,23). The van der Waals surface area contributed by atoms with E-state index in [2.05, 4.69) is 20.4 Å². The summed E-state index contributed by atoms with van der Waals surface area (Å²) in [6.45, 7) is 2.82. The second kappa shape index (κ2) is 9.67. The van der Waals surface area contributed by atoms with Gasteiger partial charge < -0.3 is 19.9 Å². The number of amides is 2. The van der Waals surface area contributed by atoms with Crippen LogP contribution < -0.4 is 10.2 Å². The molecular formula is C17H21N5O3S2. The molecule has 1 aliphatic heterocycles. The quantitative estimate of drug-likeness (QED) is 0.697. The van der Waals surface area contributed by atoms with Crippen LogP contribution in [-0.2, 0) is 14.3 Å². The monoisotopic (exact) mass is 407 g/mol. The van der Waals surface area contributed by atoms with Crippen molar-refractivity contribution < 1.29 is 14.3 Å². The Morgan fingerprint density at radius 3 is 2.63 bits per heavy atom. The van der Waals surface area contributed by atoms with E-state index < -0.39 is 0 Å². The summed E-state index contributed by atoms with van der Waals surface area (Å²) in [6.07, 6.45) is 0. The zero-order valence-corrected chi connectivity index (χ0v) is 16.6. The molecule has 144 valence electrons. The number of anilines is 2. The molecule has 1 aliphatic rings. The Bertz CT molecular complexity index is 763. The summed E-state index contributed by atoms with van der Waals surface area (Å²) in [7, 11) is 1.52. The number of aromatic nitrogens is 2. The first-order valence-electron chi connectivity index (χ1n) is 8.48. The molecule has 8 nitrogen and oxygen atoms in total. The van der Waals surface area contributed by atoms with E-state index in [0.717, 1.165) is 15.2 Å². The molecule has 0 atom stereocenters. The number of hydrogen-bond donors (Lipinski definition) is 1. The number of para-hydroxylation sites is 1. The van der Waals surface area contributed by atoms with Crippen LogP contribution in [0.4, 0.5) is 10.8 Å². The van der Waals surface area contributed by atoms with Gasteiger partial charge in [-0.15, -0.1) is 10.2 Å². The smallest absolute Gasteiger partial charge is 0.248 e. The van der Waals surface area contributed by atoms with E-state index in [-0.39, 0.29) is 24.2 Å². The number of nitrogens with one attached hydrogen (secondary N) is 1. The topological polar surface area (TPSA) is 87.7 Å². The van der Waals surface area contributed by atoms with Gasteiger partial charge in [0.15, 0.2) is 4.34 Å². The highest BCUT2D eigenvalue weighted by Gasteiger charge is 2.23. The van der Waals surface area contributed by atoms with Gasteiger partial charge in [0.05, 0.1) is 5.75 Å². The van der Waals surface area contributed by atoms with Gasteiger partial charge in [0, 0.05) is 39.0 Å². The Balaban J connectivity index is 1.45. The summed E-state index contributed by atoms with van der Waals surface area (Å²) in [5.41, 5.74) is 0.780. The number of hydrogen-bond acceptors (Lipinski definition) is 8. The molecule has 0 radical (unpaired) electrons. The molecule has 0 aliphatic carbocycles. The molecule has 2 amide bonds. The largest absolute Gasteiger partial charge is 0.375 e. The van der Waals surface area contributed by atoms with E-state index >= 15 is 0 Å². The normalized spacial score (nSPS) is 14.3. The van der Waals surface area contributed by atoms with E-state index in [0.29, 0.717) is 26.2 Å². The predicted molar refractivity (Wildman–Crippen MR) is 106 cm³/mol. The molecule has 1 N–H and O–H groups in total. The molecular weight excluding hydrogens is 386 g/mol. The lowest BCUT2D eigenvalue weighted by molar-refractivity contribution is -0.135. The molecule has 2 aromatic rings. The highest BCUT2D eigenvalue weighted by Crippen LogP contribution is 2.28. The maximum Gasteiger partial charge on any atom is 0.248 e. The number of methoxy groups -OCH3 is 1. The van der Waals surface area contributed by atoms with Gasteiger partial charge in [-0.05, 0) is 12.1 Å². The van der Waals surface area contributed by atoms with Crippen LogP contribution in [0.5, 0.6) is 0 Å². The number of piperazine rings is 1. The molecule has 1 saturated heterocycles. The number of carbonyl (C=O) groups excluding carboxylic acids is 2. The van der Waals surface area contributed by atoms with Gasteiger partial charge in [0.1, 0.15) is 6.61 Å². The Morgan fingerprint density at radius 1 is 1.19 bits per heavy atom. The van der Waals surface area contributed by atoms with Gasteiger partial charge >= 0.3 is 0 Å². The minimum absolute atomic E-state index is 0.00934. The molecule has 3 rings (SSSR count). The third-order valence-electron chi connectivity index (χ3n) is 3.95. The number of thioether (sulfide) groups is 1. The van der Waals surface area contributed by atoms with Gasteiger partial charge in [-0.3, -0.25) is 9.59 Å². The van der Waals surface area contributed by atoms with Crippen molar-refractivity contribution in [2.75, 3.05) is 55.9 Å². The van der Waals surface area contributed by atoms with Crippen LogP contribution in [0, 0.1) is 0 Å². The number of carbonyl (C=O) groups is 2. The molecule has 27 heavy (non-hydrogen) atoms. The first-order valence-corrected chi connectivity index (χ1v) is 10.3. The number of nitrogens with zero attached hydrogens (tertiary/aromatic N) is 4. The second-order valence-corrected chi connectivity index (χ2v) is 8.03. The lowest BCUT2D eigenvalue weighted by Crippen LogP contribution is -2.49. The van der Waals surface area contributed by atoms with E-state index in [1.807, 2.05) is 30.3 Å². The van der Waals surface area contributed by atoms with Crippen LogP contribution in [0.3, 0.4) is 0 Å². The van der Waals surface area contributed by atoms with Crippen LogP contribution in [0.15, 0.2) is 34.7 Å². The zero-order chi connectivity index (χ0) is 19.1. The minimum Gasteiger partial charge on any atom is -0.375 e. The molecule has 0 bridgehead atoms. The fraction of sp³-hybridized carbons (Fsp3) is 0.412. The van der Waals surface area contributed by atoms with Crippen molar-refractivity contribution in [3.05, 3.63) is 30.3 Å². The first-order chi connectivity index (χ1) is 13.2. The summed E-state index contributed by atoms with van der Waals surface area (Å²) in [5, 5.41) is 12.1. The lowest BCUT2D eigenvalue weighted by atomic mass is 10.3. The average molecular weight is 408 g/mol. The Morgan fingerprint density at radius 2 is 1.93 bits per heavy atom. The van der Waals surface area contributed by atoms with Gasteiger partial charge in [-0.25, -0.2) is 0 Å². The van der Waals surface area contributed by atoms with Gasteiger partial charge in [0.25, 0.3) is 0 Å². The molecule has 2 heterocycles. The van der Waals surface area contributed by atoms with Crippen molar-refractivity contribution in [2.45, 2.75) is 4.34 Å². The van der Waals surface area contributed by atoms with E-state index in [4.69, 9.17) is 4.74 Å². The summed E-state index contributed by atoms with van der Waals surface area (Å²) in [4.78, 5) is 27.8. The third kappa shape index (κ3) is 5.65. The highest BCUT2D eigenvalue weighted by atomic mass is 32.2. The fourth-order valence-electron chi connectivity index (χ4n) is 2.60. The van der Waals surface area contributed by atoms with E-state index in [9.17, 15) is 9.59 Å². The maximum absolute atomic E-state index is 12.0. The summed E-state index contributed by atoms with van der Waals surface area (Å²) < 4.78 is 5.65. The fourth-order valence-corrected chi connectivity index (χ4v) is 4.29. The Hall–Kier alpha value is -2.17. The van der Waals surface area contributed by atoms with Crippen LogP contribution in [0.2, 0.25) is 0 Å².